The lowest BCUT2D eigenvalue weighted by molar-refractivity contribution is -0.142. The first-order valence-electron chi connectivity index (χ1n) is 21.9. The molecule has 0 aliphatic heterocycles. The minimum Gasteiger partial charge on any atom is -0.480 e. The van der Waals surface area contributed by atoms with E-state index in [0.29, 0.717) is 25.7 Å². The monoisotopic (exact) mass is 941 g/mol. The number of carboxylic acid groups (broad SMARTS) is 1. The third-order valence-electron chi connectivity index (χ3n) is 10.1. The fourth-order valence-corrected chi connectivity index (χ4v) is 6.17. The van der Waals surface area contributed by atoms with Crippen LogP contribution in [0.5, 0.6) is 0 Å². The number of guanidine groups is 3. The van der Waals surface area contributed by atoms with Crippen LogP contribution in [0, 0.1) is 11.8 Å². The molecule has 25 N–H and O–H groups in total. The summed E-state index contributed by atoms with van der Waals surface area (Å²) in [4.78, 5) is 118. The number of amides is 7. The van der Waals surface area contributed by atoms with E-state index in [2.05, 4.69) is 46.9 Å². The Hall–Kier alpha value is -6.51. The average molecular weight is 941 g/mol. The average Bonchev–Trinajstić information content (AvgIpc) is 3.23. The number of carboxylic acids is 1. The van der Waals surface area contributed by atoms with Gasteiger partial charge in [0.2, 0.25) is 41.4 Å². The third kappa shape index (κ3) is 25.1. The van der Waals surface area contributed by atoms with Crippen LogP contribution in [-0.2, 0) is 38.4 Å². The highest BCUT2D eigenvalue weighted by atomic mass is 16.4. The van der Waals surface area contributed by atoms with E-state index < -0.39 is 108 Å². The Labute approximate surface area is 385 Å². The molecule has 0 saturated heterocycles. The number of nitrogens with two attached hydrogens (primary N) is 9. The first kappa shape index (κ1) is 59.5. The molecule has 0 bridgehead atoms. The molecule has 0 heterocycles. The van der Waals surface area contributed by atoms with Crippen LogP contribution in [-0.4, -0.2) is 139 Å². The van der Waals surface area contributed by atoms with Crippen LogP contribution in [0.1, 0.15) is 98.3 Å². The number of carbonyl (C=O) groups excluding carboxylic acids is 7. The van der Waals surface area contributed by atoms with Gasteiger partial charge in [0.1, 0.15) is 36.3 Å². The third-order valence-corrected chi connectivity index (χ3v) is 10.1. The fraction of sp³-hybridized carbons (Fsp3) is 0.718. The van der Waals surface area contributed by atoms with Crippen LogP contribution in [0.4, 0.5) is 0 Å². The molecular weight excluding hydrogens is 865 g/mol. The Morgan fingerprint density at radius 1 is 0.500 bits per heavy atom. The van der Waals surface area contributed by atoms with Gasteiger partial charge in [-0.05, 0) is 76.2 Å². The van der Waals surface area contributed by atoms with Crippen molar-refractivity contribution in [2.75, 3.05) is 26.2 Å². The summed E-state index contributed by atoms with van der Waals surface area (Å²) in [6, 6.07) is -9.17. The Bertz CT molecular complexity index is 1680. The van der Waals surface area contributed by atoms with Crippen LogP contribution in [0.3, 0.4) is 0 Å². The molecule has 0 aromatic carbocycles. The number of nitrogens with zero attached hydrogens (tertiary/aromatic N) is 3. The molecule has 0 unspecified atom stereocenters. The van der Waals surface area contributed by atoms with Crippen molar-refractivity contribution in [2.24, 2.45) is 78.4 Å². The van der Waals surface area contributed by atoms with Gasteiger partial charge in [0, 0.05) is 19.6 Å². The molecule has 8 atom stereocenters. The molecule has 0 fully saturated rings. The van der Waals surface area contributed by atoms with Crippen molar-refractivity contribution >= 4 is 65.2 Å². The SMILES string of the molecule is CC[C@H](C)[C@H](NC(=O)[C@H](CC(N)=O)NC(=O)[C@@H](N)CCCN=C(N)N)C(=O)N[C@@H](CCCN=C(N)N)C(=O)N[C@@H](CCCCN)C(=O)N[C@H](C(=O)N[C@@H](CCCN=C(N)N)C(=O)O)C(C)C. The Balaban J connectivity index is 6.54. The number of hydrogen-bond donors (Lipinski definition) is 16. The van der Waals surface area contributed by atoms with Gasteiger partial charge in [-0.3, -0.25) is 48.5 Å². The molecule has 27 heteroatoms. The van der Waals surface area contributed by atoms with Gasteiger partial charge in [0.15, 0.2) is 17.9 Å². The minimum absolute atomic E-state index is 0.0187. The summed E-state index contributed by atoms with van der Waals surface area (Å²) in [5.41, 5.74) is 49.4. The Morgan fingerprint density at radius 2 is 0.894 bits per heavy atom. The lowest BCUT2D eigenvalue weighted by Gasteiger charge is -2.29. The molecular formula is C39H76N18O9. The van der Waals surface area contributed by atoms with E-state index >= 15 is 0 Å². The normalized spacial score (nSPS) is 14.5. The quantitative estimate of drug-likeness (QED) is 0.0162. The number of aliphatic carboxylic acids is 1. The molecule has 0 saturated carbocycles. The van der Waals surface area contributed by atoms with Crippen molar-refractivity contribution in [3.8, 4) is 0 Å². The molecule has 66 heavy (non-hydrogen) atoms. The van der Waals surface area contributed by atoms with Gasteiger partial charge in [-0.1, -0.05) is 34.1 Å². The fourth-order valence-electron chi connectivity index (χ4n) is 6.17. The molecule has 0 aromatic rings. The smallest absolute Gasteiger partial charge is 0.326 e. The number of aliphatic imine (C=N–C) groups is 3. The molecule has 7 amide bonds. The summed E-state index contributed by atoms with van der Waals surface area (Å²) < 4.78 is 0. The van der Waals surface area contributed by atoms with Gasteiger partial charge in [-0.25, -0.2) is 4.79 Å². The van der Waals surface area contributed by atoms with Crippen molar-refractivity contribution in [1.29, 1.82) is 0 Å². The summed E-state index contributed by atoms with van der Waals surface area (Å²) in [7, 11) is 0. The van der Waals surface area contributed by atoms with E-state index in [1.54, 1.807) is 27.7 Å². The van der Waals surface area contributed by atoms with E-state index in [9.17, 15) is 43.5 Å². The van der Waals surface area contributed by atoms with Gasteiger partial charge in [0.25, 0.3) is 0 Å². The van der Waals surface area contributed by atoms with Crippen molar-refractivity contribution in [1.82, 2.24) is 31.9 Å². The van der Waals surface area contributed by atoms with E-state index in [4.69, 9.17) is 51.6 Å². The van der Waals surface area contributed by atoms with Gasteiger partial charge < -0.3 is 88.6 Å². The Kier molecular flexibility index (Phi) is 29.0. The van der Waals surface area contributed by atoms with Crippen molar-refractivity contribution in [3.63, 3.8) is 0 Å². The zero-order valence-electron chi connectivity index (χ0n) is 38.6. The highest BCUT2D eigenvalue weighted by Gasteiger charge is 2.36. The second-order valence-electron chi connectivity index (χ2n) is 16.1. The highest BCUT2D eigenvalue weighted by molar-refractivity contribution is 5.98. The van der Waals surface area contributed by atoms with Gasteiger partial charge in [-0.15, -0.1) is 0 Å². The number of primary amides is 1. The van der Waals surface area contributed by atoms with E-state index in [1.165, 1.54) is 0 Å². The molecule has 376 valence electrons. The number of carbonyl (C=O) groups is 8. The van der Waals surface area contributed by atoms with Crippen molar-refractivity contribution < 1.29 is 43.5 Å². The number of nitrogens with one attached hydrogen (secondary N) is 6. The van der Waals surface area contributed by atoms with Crippen LogP contribution in [0.15, 0.2) is 15.0 Å². The first-order chi connectivity index (χ1) is 30.9. The molecule has 0 aliphatic carbocycles. The van der Waals surface area contributed by atoms with E-state index in [0.717, 1.165) is 0 Å². The van der Waals surface area contributed by atoms with Crippen LogP contribution < -0.4 is 83.5 Å². The van der Waals surface area contributed by atoms with E-state index in [1.807, 2.05) is 0 Å². The highest BCUT2D eigenvalue weighted by Crippen LogP contribution is 2.13. The second-order valence-corrected chi connectivity index (χ2v) is 16.1. The van der Waals surface area contributed by atoms with Crippen molar-refractivity contribution in [2.45, 2.75) is 141 Å². The molecule has 0 aromatic heterocycles. The second kappa shape index (κ2) is 32.2. The maximum absolute atomic E-state index is 14.1. The molecule has 0 rings (SSSR count). The number of hydrogen-bond acceptors (Lipinski definition) is 13. The summed E-state index contributed by atoms with van der Waals surface area (Å²) in [5, 5.41) is 25.1. The minimum atomic E-state index is -1.53. The predicted octanol–water partition coefficient (Wildman–Crippen LogP) is -5.83. The lowest BCUT2D eigenvalue weighted by Crippen LogP contribution is -2.61. The Morgan fingerprint density at radius 3 is 1.35 bits per heavy atom. The largest absolute Gasteiger partial charge is 0.480 e. The maximum Gasteiger partial charge on any atom is 0.326 e. The zero-order chi connectivity index (χ0) is 50.5. The topological polar surface area (TPSA) is 500 Å². The zero-order valence-corrected chi connectivity index (χ0v) is 38.6. The number of rotatable bonds is 34. The summed E-state index contributed by atoms with van der Waals surface area (Å²) in [6.07, 6.45) is 1.32. The van der Waals surface area contributed by atoms with Crippen molar-refractivity contribution in [3.05, 3.63) is 0 Å². The lowest BCUT2D eigenvalue weighted by atomic mass is 9.96. The standard InChI is InChI=1S/C39H76N18O9/c1-5-21(4)29(57-33(62)26(19-27(42)58)55-30(59)22(41)11-8-16-49-37(43)44)35(64)53-24(13-9-17-50-38(45)46)31(60)52-23(12-6-7-15-40)32(61)56-28(20(2)3)34(63)54-25(36(65)66)14-10-18-51-39(47)48/h20-26,28-29H,5-19,40-41H2,1-4H3,(H2,42,58)(H,52,60)(H,53,64)(H,54,63)(H,55,59)(H,56,61)(H,57,62)(H,65,66)(H4,43,44,49)(H4,45,46,50)(H4,47,48,51)/t21-,22-,23-,24-,25-,26-,28-,29-/m0/s1. The summed E-state index contributed by atoms with van der Waals surface area (Å²) in [6.45, 7) is 7.29. The van der Waals surface area contributed by atoms with Crippen LogP contribution in [0.2, 0.25) is 0 Å². The van der Waals surface area contributed by atoms with Gasteiger partial charge in [0.05, 0.1) is 12.5 Å². The maximum atomic E-state index is 14.1. The first-order valence-corrected chi connectivity index (χ1v) is 21.9. The molecule has 0 spiro atoms. The summed E-state index contributed by atoms with van der Waals surface area (Å²) >= 11 is 0. The predicted molar refractivity (Wildman–Crippen MR) is 248 cm³/mol. The van der Waals surface area contributed by atoms with Crippen LogP contribution in [0.25, 0.3) is 0 Å². The van der Waals surface area contributed by atoms with Gasteiger partial charge in [-0.2, -0.15) is 0 Å². The molecule has 0 aliphatic rings. The van der Waals surface area contributed by atoms with Crippen LogP contribution >= 0.6 is 0 Å². The molecule has 27 nitrogen and oxygen atoms in total. The summed E-state index contributed by atoms with van der Waals surface area (Å²) in [5.74, 6) is -8.85. The van der Waals surface area contributed by atoms with E-state index in [-0.39, 0.29) is 82.6 Å². The molecule has 0 radical (unpaired) electrons. The van der Waals surface area contributed by atoms with Gasteiger partial charge >= 0.3 is 5.97 Å². The number of unbranched alkanes of at least 4 members (excludes halogenated alkanes) is 1.